The van der Waals surface area contributed by atoms with Crippen LogP contribution < -0.4 is 57.9 Å². The maximum Gasteiger partial charge on any atom is 0.416 e. The van der Waals surface area contributed by atoms with Crippen LogP contribution in [0.1, 0.15) is 202 Å². The lowest BCUT2D eigenvalue weighted by atomic mass is 9.78. The van der Waals surface area contributed by atoms with Gasteiger partial charge in [-0.2, -0.15) is 51.8 Å². The molecule has 0 spiro atoms. The molecule has 780 valence electrons. The third-order valence-electron chi connectivity index (χ3n) is 25.5. The smallest absolute Gasteiger partial charge is 0.416 e. The van der Waals surface area contributed by atoms with Gasteiger partial charge in [0, 0.05) is 82.2 Å². The Labute approximate surface area is 865 Å². The Kier molecular flexibility index (Phi) is 37.0. The van der Waals surface area contributed by atoms with Crippen molar-refractivity contribution in [2.24, 2.45) is 0 Å². The number of halogens is 8. The Bertz CT molecular complexity index is 7600. The summed E-state index contributed by atoms with van der Waals surface area (Å²) in [5.74, 6) is -6.02. The summed E-state index contributed by atoms with van der Waals surface area (Å²) in [6.07, 6.45) is 7.04. The average molecular weight is 2100 g/mol. The molecule has 0 aliphatic heterocycles. The third-order valence-corrected chi connectivity index (χ3v) is 26.2. The number of amides is 4. The molecule has 0 saturated heterocycles. The molecule has 1 unspecified atom stereocenters. The van der Waals surface area contributed by atoms with Crippen LogP contribution in [-0.2, 0) is 57.8 Å². The highest BCUT2D eigenvalue weighted by molar-refractivity contribution is 6.34. The largest absolute Gasteiger partial charge is 0.503 e. The van der Waals surface area contributed by atoms with Crippen LogP contribution in [0.2, 0.25) is 10.0 Å². The van der Waals surface area contributed by atoms with E-state index in [4.69, 9.17) is 37.5 Å². The van der Waals surface area contributed by atoms with Crippen LogP contribution in [0.5, 0.6) is 34.5 Å². The number of aromatic nitrogens is 10. The predicted octanol–water partition coefficient (Wildman–Crippen LogP) is 18.3. The van der Waals surface area contributed by atoms with Crippen LogP contribution >= 0.6 is 23.2 Å². The first-order valence-corrected chi connectivity index (χ1v) is 48.1. The summed E-state index contributed by atoms with van der Waals surface area (Å²) in [5.41, 5.74) is -0.318. The van der Waals surface area contributed by atoms with Crippen molar-refractivity contribution in [3.8, 4) is 68.1 Å². The number of carbonyl (C=O) groups excluding carboxylic acids is 7. The van der Waals surface area contributed by atoms with Crippen molar-refractivity contribution in [1.29, 1.82) is 0 Å². The Morgan fingerprint density at radius 2 is 0.800 bits per heavy atom. The number of ether oxygens (including phenoxy) is 2. The van der Waals surface area contributed by atoms with Gasteiger partial charge in [-0.15, -0.1) is 0 Å². The minimum absolute atomic E-state index is 0.118. The first-order valence-electron chi connectivity index (χ1n) is 47.4. The SMILES string of the molecule is C=O.CC(NC(=O)c1nn(CC2(c3cccc(C(F)(F)F)c3)CCCC2)cc(O)c1=O)c1ccccc1.CCOc1ccc(Cl)c(-c2ccccc2-n2cc(O)c(=O)c(C(C)=O)n2)c1.CNC(=O)c1nn(-c2ccccc2-c2cc(C)ccc2Cl)cc(O)c1=O.CNC(=O)c1nn(CC2(c3cccc(C(F)(F)F)c3)CCCC2)cc(OC(C)=O)c1=O.O=C(Nc1ccccc1)c1nn(CC2(c3ccccc3)CCCC2)cc(O)c1=O. The van der Waals surface area contributed by atoms with Crippen LogP contribution in [-0.4, -0.2) is 132 Å². The van der Waals surface area contributed by atoms with Gasteiger partial charge in [0.15, 0.2) is 63.0 Å². The second kappa shape index (κ2) is 49.6. The number of ketones is 1. The number of aromatic hydroxyl groups is 4. The van der Waals surface area contributed by atoms with Gasteiger partial charge in [0.05, 0.1) is 85.8 Å². The molecular weight excluding hydrogens is 1990 g/mol. The number of nitrogens with one attached hydrogen (secondary N) is 4. The summed E-state index contributed by atoms with van der Waals surface area (Å²) < 4.78 is 97.0. The van der Waals surface area contributed by atoms with Crippen molar-refractivity contribution in [2.75, 3.05) is 26.0 Å². The van der Waals surface area contributed by atoms with E-state index in [0.29, 0.717) is 93.9 Å². The van der Waals surface area contributed by atoms with E-state index in [9.17, 15) is 99.5 Å². The summed E-state index contributed by atoms with van der Waals surface area (Å²) in [6, 6.07) is 63.7. The van der Waals surface area contributed by atoms with E-state index in [1.54, 1.807) is 91.9 Å². The van der Waals surface area contributed by atoms with Gasteiger partial charge in [0.2, 0.25) is 0 Å². The molecule has 3 saturated carbocycles. The number of carbonyl (C=O) groups is 7. The molecule has 0 bridgehead atoms. The molecule has 14 aromatic rings. The maximum absolute atomic E-state index is 13.3. The Morgan fingerprint density at radius 1 is 0.427 bits per heavy atom. The summed E-state index contributed by atoms with van der Waals surface area (Å²) in [7, 11) is 2.71. The topological polar surface area (TPSA) is 441 Å². The van der Waals surface area contributed by atoms with E-state index in [2.05, 4.69) is 58.9 Å². The second-order valence-electron chi connectivity index (χ2n) is 35.7. The van der Waals surface area contributed by atoms with Gasteiger partial charge in [-0.1, -0.05) is 225 Å². The first kappa shape index (κ1) is 112. The number of hydrogen-bond donors (Lipinski definition) is 8. The molecule has 0 radical (unpaired) electrons. The van der Waals surface area contributed by atoms with Gasteiger partial charge in [-0.3, -0.25) is 66.8 Å². The summed E-state index contributed by atoms with van der Waals surface area (Å²) in [6.45, 7) is 11.2. The highest BCUT2D eigenvalue weighted by atomic mass is 35.5. The van der Waals surface area contributed by atoms with E-state index in [0.717, 1.165) is 111 Å². The second-order valence-corrected chi connectivity index (χ2v) is 36.5. The van der Waals surface area contributed by atoms with Crippen LogP contribution in [0.25, 0.3) is 33.6 Å². The van der Waals surface area contributed by atoms with Crippen LogP contribution in [0.3, 0.4) is 0 Å². The fourth-order valence-corrected chi connectivity index (χ4v) is 18.7. The number of esters is 1. The minimum atomic E-state index is -4.47. The van der Waals surface area contributed by atoms with Crippen molar-refractivity contribution >= 4 is 71.1 Å². The zero-order valence-corrected chi connectivity index (χ0v) is 83.9. The van der Waals surface area contributed by atoms with E-state index in [1.807, 2.05) is 112 Å². The average Bonchev–Trinajstić information content (AvgIpc) is 1.67. The lowest BCUT2D eigenvalue weighted by Gasteiger charge is -2.31. The zero-order chi connectivity index (χ0) is 109. The Balaban J connectivity index is 0.000000166. The molecule has 3 fully saturated rings. The van der Waals surface area contributed by atoms with Crippen molar-refractivity contribution in [3.05, 3.63) is 384 Å². The summed E-state index contributed by atoms with van der Waals surface area (Å²) in [4.78, 5) is 142. The van der Waals surface area contributed by atoms with Crippen molar-refractivity contribution in [3.63, 3.8) is 0 Å². The van der Waals surface area contributed by atoms with Gasteiger partial charge < -0.3 is 56.0 Å². The van der Waals surface area contributed by atoms with Crippen molar-refractivity contribution < 1.29 is 89.8 Å². The van der Waals surface area contributed by atoms with Gasteiger partial charge in [0.1, 0.15) is 12.5 Å². The van der Waals surface area contributed by atoms with E-state index < -0.39 is 143 Å². The number of anilines is 1. The molecule has 40 heteroatoms. The number of rotatable bonds is 24. The highest BCUT2D eigenvalue weighted by Gasteiger charge is 2.43. The van der Waals surface area contributed by atoms with Gasteiger partial charge in [-0.25, -0.2) is 9.36 Å². The van der Waals surface area contributed by atoms with Crippen molar-refractivity contribution in [1.82, 2.24) is 64.9 Å². The normalized spacial score (nSPS) is 13.7. The minimum Gasteiger partial charge on any atom is -0.503 e. The maximum atomic E-state index is 13.3. The number of hydrogen-bond acceptors (Lipinski definition) is 23. The van der Waals surface area contributed by atoms with E-state index in [-0.39, 0.29) is 35.6 Å². The Hall–Kier alpha value is -16.8. The lowest BCUT2D eigenvalue weighted by Crippen LogP contribution is -2.35. The molecule has 1 atom stereocenters. The first-order chi connectivity index (χ1) is 71.5. The third kappa shape index (κ3) is 27.2. The number of benzene rings is 9. The summed E-state index contributed by atoms with van der Waals surface area (Å²) >= 11 is 12.7. The number of Topliss-reactive ketones (excluding diaryl/α,β-unsaturated/α-hetero) is 1. The fourth-order valence-electron chi connectivity index (χ4n) is 18.3. The molecule has 5 aromatic heterocycles. The fraction of sp³-hybridized carbons (Fsp3) is 0.264. The zero-order valence-electron chi connectivity index (χ0n) is 82.3. The van der Waals surface area contributed by atoms with E-state index >= 15 is 0 Å². The van der Waals surface area contributed by atoms with Gasteiger partial charge in [-0.05, 0) is 148 Å². The van der Waals surface area contributed by atoms with Crippen LogP contribution in [0.4, 0.5) is 32.0 Å². The van der Waals surface area contributed by atoms with Crippen LogP contribution in [0.15, 0.2) is 279 Å². The number of aryl methyl sites for hydroxylation is 1. The van der Waals surface area contributed by atoms with Gasteiger partial charge >= 0.3 is 18.3 Å². The monoisotopic (exact) mass is 2090 g/mol. The van der Waals surface area contributed by atoms with E-state index in [1.165, 1.54) is 86.9 Å². The highest BCUT2D eigenvalue weighted by Crippen LogP contribution is 2.48. The molecule has 17 rings (SSSR count). The van der Waals surface area contributed by atoms with Crippen LogP contribution in [0, 0.1) is 6.92 Å². The Morgan fingerprint density at radius 3 is 1.24 bits per heavy atom. The lowest BCUT2D eigenvalue weighted by molar-refractivity contribution is -0.138. The standard InChI is InChI=1S/C26H26F3N3O3.C23H23N3O3.C21H22F3N3O4.C20H17ClN2O4.C19H16ClN3O3.CH2O/c1-17(18-8-3-2-4-9-18)30-24(35)22-23(34)21(33)15-32(31-22)16-25(12-5-6-13-25)19-10-7-11-20(14-19)26(27,28)29;27-19-15-26(16-23(13-7-8-14-23)17-9-3-1-4-10-17)25-20(21(19)28)22(29)24-18-11-5-2-6-12-18;1-13(28)31-16-11-27(26-17(18(16)29)19(30)25-2)12-20(8-3-4-9-20)14-6-5-7-15(10-14)21(22,23)24;1-3-27-13-8-9-16(21)15(10-13)14-6-4-5-7-17(14)23-11-18(25)20(26)19(22-23)12(2)24;1-11-7-8-14(20)13(9-11)12-5-3-4-6-15(12)23-10-16(24)18(25)17(22-23)19(26)21-2;1-2/h2-4,7-11,14-15,17,33H,5-6,12-13,16H2,1H3,(H,30,35);1-6,9-12,15,27H,7-8,13-14,16H2,(H,24,29);5-7,10-11H,3-4,8-9,12H2,1-2H3,(H,25,30);4-11,25H,3H2,1-2H3;3-10,24H,1-2H3,(H,21,26);1H2. The molecule has 4 amide bonds. The van der Waals surface area contributed by atoms with Crippen molar-refractivity contribution in [2.45, 2.75) is 166 Å². The number of nitrogens with zero attached hydrogens (tertiary/aromatic N) is 10. The number of para-hydroxylation sites is 3. The molecule has 32 nitrogen and oxygen atoms in total. The molecule has 3 aliphatic rings. The molecule has 9 aromatic carbocycles. The molecule has 150 heavy (non-hydrogen) atoms. The molecule has 3 aliphatic carbocycles. The predicted molar refractivity (Wildman–Crippen MR) is 550 cm³/mol. The molecular formula is C110H106Cl2F6N14O18. The molecule has 8 N–H and O–H groups in total. The summed E-state index contributed by atoms with van der Waals surface area (Å²) in [5, 5.41) is 72.2. The molecule has 5 heterocycles. The van der Waals surface area contributed by atoms with Gasteiger partial charge in [0.25, 0.3) is 50.8 Å². The quantitative estimate of drug-likeness (QED) is 0.0158. The number of alkyl halides is 6.